The maximum Gasteiger partial charge on any atom is 0.310 e. The van der Waals surface area contributed by atoms with E-state index in [4.69, 9.17) is 9.47 Å². The van der Waals surface area contributed by atoms with E-state index in [1.54, 1.807) is 62.4 Å². The molecule has 7 nitrogen and oxygen atoms in total. The molecule has 0 saturated carbocycles. The zero-order valence-corrected chi connectivity index (χ0v) is 21.1. The SMILES string of the molecule is CCOc1ccc(/C(O)=C2/C(=O)C(=O)N(c3ccc(CC(=O)OC(C)C)cc3)C2c2cccs2)cc1. The van der Waals surface area contributed by atoms with Crippen LogP contribution < -0.4 is 9.64 Å². The van der Waals surface area contributed by atoms with Gasteiger partial charge < -0.3 is 14.6 Å². The minimum absolute atomic E-state index is 0.0243. The number of amides is 1. The highest BCUT2D eigenvalue weighted by Crippen LogP contribution is 2.43. The van der Waals surface area contributed by atoms with Crippen molar-refractivity contribution in [1.82, 2.24) is 0 Å². The van der Waals surface area contributed by atoms with Crippen LogP contribution in [0.15, 0.2) is 71.6 Å². The number of anilines is 1. The highest BCUT2D eigenvalue weighted by Gasteiger charge is 2.47. The van der Waals surface area contributed by atoms with Crippen LogP contribution in [0.1, 0.15) is 42.8 Å². The van der Waals surface area contributed by atoms with Crippen LogP contribution >= 0.6 is 11.3 Å². The third-order valence-electron chi connectivity index (χ3n) is 5.63. The lowest BCUT2D eigenvalue weighted by molar-refractivity contribution is -0.146. The number of nitrogens with zero attached hydrogens (tertiary/aromatic N) is 1. The lowest BCUT2D eigenvalue weighted by Gasteiger charge is -2.24. The maximum absolute atomic E-state index is 13.2. The summed E-state index contributed by atoms with van der Waals surface area (Å²) in [5.41, 5.74) is 1.65. The molecule has 4 rings (SSSR count). The maximum atomic E-state index is 13.2. The Morgan fingerprint density at radius 1 is 1.06 bits per heavy atom. The van der Waals surface area contributed by atoms with Gasteiger partial charge in [0.1, 0.15) is 17.6 Å². The highest BCUT2D eigenvalue weighted by molar-refractivity contribution is 7.10. The number of ether oxygens (including phenoxy) is 2. The van der Waals surface area contributed by atoms with Crippen molar-refractivity contribution in [3.05, 3.63) is 87.6 Å². The van der Waals surface area contributed by atoms with E-state index in [1.807, 2.05) is 24.4 Å². The summed E-state index contributed by atoms with van der Waals surface area (Å²) in [7, 11) is 0. The molecule has 36 heavy (non-hydrogen) atoms. The topological polar surface area (TPSA) is 93.1 Å². The molecule has 8 heteroatoms. The summed E-state index contributed by atoms with van der Waals surface area (Å²) < 4.78 is 10.7. The Labute approximate surface area is 213 Å². The van der Waals surface area contributed by atoms with Crippen molar-refractivity contribution < 1.29 is 29.0 Å². The van der Waals surface area contributed by atoms with E-state index >= 15 is 0 Å². The monoisotopic (exact) mass is 505 g/mol. The molecule has 1 unspecified atom stereocenters. The lowest BCUT2D eigenvalue weighted by Crippen LogP contribution is -2.29. The average Bonchev–Trinajstić information content (AvgIpc) is 3.46. The predicted molar refractivity (Wildman–Crippen MR) is 138 cm³/mol. The number of ketones is 1. The van der Waals surface area contributed by atoms with Crippen LogP contribution in [-0.2, 0) is 25.5 Å². The Morgan fingerprint density at radius 2 is 1.75 bits per heavy atom. The van der Waals surface area contributed by atoms with Crippen LogP contribution in [0.5, 0.6) is 5.75 Å². The second-order valence-corrected chi connectivity index (χ2v) is 9.50. The molecule has 1 aliphatic heterocycles. The number of thiophene rings is 1. The Hall–Kier alpha value is -3.91. The smallest absolute Gasteiger partial charge is 0.310 e. The summed E-state index contributed by atoms with van der Waals surface area (Å²) in [5.74, 6) is -1.43. The van der Waals surface area contributed by atoms with Gasteiger partial charge in [-0.3, -0.25) is 19.3 Å². The number of hydrogen-bond donors (Lipinski definition) is 1. The first-order valence-corrected chi connectivity index (χ1v) is 12.5. The Bertz CT molecular complexity index is 1280. The fraction of sp³-hybridized carbons (Fsp3) is 0.250. The van der Waals surface area contributed by atoms with Crippen molar-refractivity contribution in [2.75, 3.05) is 11.5 Å². The van der Waals surface area contributed by atoms with Gasteiger partial charge in [-0.15, -0.1) is 11.3 Å². The summed E-state index contributed by atoms with van der Waals surface area (Å²) in [4.78, 5) is 40.6. The van der Waals surface area contributed by atoms with Gasteiger partial charge in [0.05, 0.1) is 24.7 Å². The molecular weight excluding hydrogens is 478 g/mol. The second kappa shape index (κ2) is 10.8. The van der Waals surface area contributed by atoms with E-state index in [1.165, 1.54) is 16.2 Å². The van der Waals surface area contributed by atoms with Crippen molar-refractivity contribution in [3.8, 4) is 5.75 Å². The Morgan fingerprint density at radius 3 is 2.33 bits per heavy atom. The average molecular weight is 506 g/mol. The van der Waals surface area contributed by atoms with Gasteiger partial charge in [-0.25, -0.2) is 0 Å². The van der Waals surface area contributed by atoms with E-state index in [0.717, 1.165) is 10.4 Å². The molecule has 0 bridgehead atoms. The molecule has 3 aromatic rings. The van der Waals surface area contributed by atoms with Gasteiger partial charge in [0, 0.05) is 16.1 Å². The first kappa shape index (κ1) is 25.2. The third-order valence-corrected chi connectivity index (χ3v) is 6.55. The van der Waals surface area contributed by atoms with E-state index in [9.17, 15) is 19.5 Å². The molecular formula is C28H27NO6S. The van der Waals surface area contributed by atoms with Gasteiger partial charge in [0.25, 0.3) is 11.7 Å². The molecule has 0 radical (unpaired) electrons. The number of aliphatic hydroxyl groups excluding tert-OH is 1. The van der Waals surface area contributed by atoms with Crippen LogP contribution in [-0.4, -0.2) is 35.5 Å². The number of carbonyl (C=O) groups excluding carboxylic acids is 3. The number of hydrogen-bond acceptors (Lipinski definition) is 7. The molecule has 1 saturated heterocycles. The molecule has 0 spiro atoms. The minimum atomic E-state index is -0.784. The molecule has 1 fully saturated rings. The molecule has 1 atom stereocenters. The number of rotatable bonds is 8. The summed E-state index contributed by atoms with van der Waals surface area (Å²) in [6.07, 6.45) is -0.103. The standard InChI is InChI=1S/C28H27NO6S/c1-4-34-21-13-9-19(10-14-21)26(31)24-25(22-6-5-15-36-22)29(28(33)27(24)32)20-11-7-18(8-12-20)16-23(30)35-17(2)3/h5-15,17,25,31H,4,16H2,1-3H3/b26-24-. The second-order valence-electron chi connectivity index (χ2n) is 8.52. The van der Waals surface area contributed by atoms with Crippen LogP contribution in [0.25, 0.3) is 5.76 Å². The van der Waals surface area contributed by atoms with Crippen molar-refractivity contribution in [2.24, 2.45) is 0 Å². The third kappa shape index (κ3) is 5.18. The molecule has 1 amide bonds. The molecule has 2 heterocycles. The minimum Gasteiger partial charge on any atom is -0.507 e. The Kier molecular flexibility index (Phi) is 7.55. The van der Waals surface area contributed by atoms with Crippen LogP contribution in [0.4, 0.5) is 5.69 Å². The van der Waals surface area contributed by atoms with Crippen molar-refractivity contribution in [1.29, 1.82) is 0 Å². The zero-order chi connectivity index (χ0) is 25.8. The van der Waals surface area contributed by atoms with E-state index in [-0.39, 0.29) is 29.8 Å². The molecule has 1 aromatic heterocycles. The number of carbonyl (C=O) groups is 3. The molecule has 186 valence electrons. The predicted octanol–water partition coefficient (Wildman–Crippen LogP) is 5.27. The number of Topliss-reactive ketones (excluding diaryl/α,β-unsaturated/α-hetero) is 1. The summed E-state index contributed by atoms with van der Waals surface area (Å²) in [6.45, 7) is 5.96. The Balaban J connectivity index is 1.71. The fourth-order valence-corrected chi connectivity index (χ4v) is 4.92. The summed E-state index contributed by atoms with van der Waals surface area (Å²) >= 11 is 1.39. The lowest BCUT2D eigenvalue weighted by atomic mass is 9.99. The molecule has 0 aliphatic carbocycles. The molecule has 1 aliphatic rings. The summed E-state index contributed by atoms with van der Waals surface area (Å²) in [6, 6.07) is 16.5. The van der Waals surface area contributed by atoms with Crippen LogP contribution in [0, 0.1) is 0 Å². The van der Waals surface area contributed by atoms with Crippen LogP contribution in [0.2, 0.25) is 0 Å². The quantitative estimate of drug-likeness (QED) is 0.194. The first-order valence-electron chi connectivity index (χ1n) is 11.7. The summed E-state index contributed by atoms with van der Waals surface area (Å²) in [5, 5.41) is 13.0. The fourth-order valence-electron chi connectivity index (χ4n) is 4.09. The van der Waals surface area contributed by atoms with Gasteiger partial charge in [-0.1, -0.05) is 18.2 Å². The largest absolute Gasteiger partial charge is 0.507 e. The zero-order valence-electron chi connectivity index (χ0n) is 20.3. The van der Waals surface area contributed by atoms with Crippen LogP contribution in [0.3, 0.4) is 0 Å². The van der Waals surface area contributed by atoms with Gasteiger partial charge in [0.15, 0.2) is 0 Å². The van der Waals surface area contributed by atoms with Gasteiger partial charge >= 0.3 is 5.97 Å². The van der Waals surface area contributed by atoms with E-state index in [2.05, 4.69) is 0 Å². The number of aliphatic hydroxyl groups is 1. The normalized spacial score (nSPS) is 17.0. The van der Waals surface area contributed by atoms with Gasteiger partial charge in [0.2, 0.25) is 0 Å². The van der Waals surface area contributed by atoms with E-state index in [0.29, 0.717) is 23.6 Å². The number of benzene rings is 2. The molecule has 1 N–H and O–H groups in total. The number of esters is 1. The van der Waals surface area contributed by atoms with Gasteiger partial charge in [-0.05, 0) is 74.2 Å². The first-order chi connectivity index (χ1) is 17.3. The highest BCUT2D eigenvalue weighted by atomic mass is 32.1. The van der Waals surface area contributed by atoms with Gasteiger partial charge in [-0.2, -0.15) is 0 Å². The van der Waals surface area contributed by atoms with Crippen molar-refractivity contribution in [3.63, 3.8) is 0 Å². The van der Waals surface area contributed by atoms with E-state index < -0.39 is 17.7 Å². The van der Waals surface area contributed by atoms with Crippen molar-refractivity contribution >= 4 is 40.4 Å². The van der Waals surface area contributed by atoms with Crippen molar-refractivity contribution in [2.45, 2.75) is 39.3 Å². The molecule has 2 aromatic carbocycles.